The number of nitrogens with zero attached hydrogens (tertiary/aromatic N) is 3. The number of rotatable bonds is 3. The molecular formula is C13H11BrFN3O. The zero-order chi connectivity index (χ0) is 14.0. The number of aromatic nitrogens is 2. The van der Waals surface area contributed by atoms with Crippen molar-refractivity contribution in [1.29, 1.82) is 5.26 Å². The zero-order valence-electron chi connectivity index (χ0n) is 10.4. The van der Waals surface area contributed by atoms with Gasteiger partial charge in [-0.2, -0.15) is 10.4 Å². The summed E-state index contributed by atoms with van der Waals surface area (Å²) in [6.45, 7) is 1.88. The maximum atomic E-state index is 13.5. The SMILES string of the molecule is Cc1nn(C)c(Oc2ccc(C#N)c(F)c2)c1CBr. The summed E-state index contributed by atoms with van der Waals surface area (Å²) < 4.78 is 20.8. The molecule has 0 saturated heterocycles. The molecule has 0 atom stereocenters. The lowest BCUT2D eigenvalue weighted by Gasteiger charge is -2.08. The summed E-state index contributed by atoms with van der Waals surface area (Å²) in [5.41, 5.74) is 1.75. The first-order valence-electron chi connectivity index (χ1n) is 5.52. The quantitative estimate of drug-likeness (QED) is 0.813. The van der Waals surface area contributed by atoms with E-state index < -0.39 is 5.82 Å². The van der Waals surface area contributed by atoms with Crippen LogP contribution < -0.4 is 4.74 Å². The largest absolute Gasteiger partial charge is 0.439 e. The zero-order valence-corrected chi connectivity index (χ0v) is 12.0. The molecule has 1 aromatic heterocycles. The molecule has 0 fully saturated rings. The molecule has 0 amide bonds. The van der Waals surface area contributed by atoms with Crippen LogP contribution in [0.1, 0.15) is 16.8 Å². The first kappa shape index (κ1) is 13.6. The van der Waals surface area contributed by atoms with Gasteiger partial charge in [0.1, 0.15) is 17.6 Å². The molecule has 0 radical (unpaired) electrons. The fourth-order valence-corrected chi connectivity index (χ4v) is 2.37. The van der Waals surface area contributed by atoms with Crippen LogP contribution in [-0.2, 0) is 12.4 Å². The van der Waals surface area contributed by atoms with Crippen LogP contribution in [-0.4, -0.2) is 9.78 Å². The second kappa shape index (κ2) is 5.41. The first-order valence-corrected chi connectivity index (χ1v) is 6.65. The highest BCUT2D eigenvalue weighted by Gasteiger charge is 2.15. The molecule has 0 bridgehead atoms. The van der Waals surface area contributed by atoms with Gasteiger partial charge in [0.15, 0.2) is 0 Å². The maximum Gasteiger partial charge on any atom is 0.221 e. The molecule has 2 rings (SSSR count). The van der Waals surface area contributed by atoms with Gasteiger partial charge in [0, 0.05) is 24.0 Å². The van der Waals surface area contributed by atoms with Gasteiger partial charge in [-0.05, 0) is 19.1 Å². The summed E-state index contributed by atoms with van der Waals surface area (Å²) in [7, 11) is 1.76. The highest BCUT2D eigenvalue weighted by molar-refractivity contribution is 9.08. The van der Waals surface area contributed by atoms with Crippen molar-refractivity contribution in [3.8, 4) is 17.7 Å². The molecule has 0 spiro atoms. The van der Waals surface area contributed by atoms with Crippen molar-refractivity contribution in [3.63, 3.8) is 0 Å². The number of hydrogen-bond acceptors (Lipinski definition) is 3. The van der Waals surface area contributed by atoms with Crippen LogP contribution in [0.4, 0.5) is 4.39 Å². The Bertz CT molecular complexity index is 661. The summed E-state index contributed by atoms with van der Waals surface area (Å²) in [5.74, 6) is 0.291. The van der Waals surface area contributed by atoms with Gasteiger partial charge in [-0.15, -0.1) is 0 Å². The van der Waals surface area contributed by atoms with E-state index >= 15 is 0 Å². The molecule has 0 aliphatic rings. The lowest BCUT2D eigenvalue weighted by atomic mass is 10.2. The van der Waals surface area contributed by atoms with Crippen molar-refractivity contribution in [1.82, 2.24) is 9.78 Å². The van der Waals surface area contributed by atoms with Gasteiger partial charge < -0.3 is 4.74 Å². The summed E-state index contributed by atoms with van der Waals surface area (Å²) in [6.07, 6.45) is 0. The van der Waals surface area contributed by atoms with E-state index in [9.17, 15) is 4.39 Å². The van der Waals surface area contributed by atoms with E-state index in [1.165, 1.54) is 12.1 Å². The van der Waals surface area contributed by atoms with Gasteiger partial charge in [0.05, 0.1) is 11.3 Å². The molecule has 1 aromatic carbocycles. The van der Waals surface area contributed by atoms with Crippen LogP contribution in [0.3, 0.4) is 0 Å². The van der Waals surface area contributed by atoms with E-state index in [0.29, 0.717) is 17.0 Å². The van der Waals surface area contributed by atoms with Crippen molar-refractivity contribution in [2.45, 2.75) is 12.3 Å². The number of halogens is 2. The van der Waals surface area contributed by atoms with Crippen molar-refractivity contribution in [3.05, 3.63) is 40.8 Å². The number of hydrogen-bond donors (Lipinski definition) is 0. The molecule has 0 saturated carbocycles. The summed E-state index contributed by atoms with van der Waals surface area (Å²) in [5, 5.41) is 13.5. The van der Waals surface area contributed by atoms with Crippen LogP contribution in [0.25, 0.3) is 0 Å². The van der Waals surface area contributed by atoms with Crippen LogP contribution in [0, 0.1) is 24.1 Å². The van der Waals surface area contributed by atoms with E-state index in [1.54, 1.807) is 23.9 Å². The van der Waals surface area contributed by atoms with E-state index in [2.05, 4.69) is 21.0 Å². The average Bonchev–Trinajstić information content (AvgIpc) is 2.64. The highest BCUT2D eigenvalue weighted by Crippen LogP contribution is 2.29. The number of ether oxygens (including phenoxy) is 1. The van der Waals surface area contributed by atoms with Crippen molar-refractivity contribution in [2.24, 2.45) is 7.05 Å². The van der Waals surface area contributed by atoms with E-state index in [0.717, 1.165) is 11.3 Å². The fourth-order valence-electron chi connectivity index (χ4n) is 1.72. The highest BCUT2D eigenvalue weighted by atomic mass is 79.9. The Morgan fingerprint density at radius 1 is 1.53 bits per heavy atom. The molecule has 2 aromatic rings. The maximum absolute atomic E-state index is 13.5. The van der Waals surface area contributed by atoms with Crippen LogP contribution >= 0.6 is 15.9 Å². The standard InChI is InChI=1S/C13H11BrFN3O/c1-8-11(6-14)13(18(2)17-8)19-10-4-3-9(7-16)12(15)5-10/h3-5H,6H2,1-2H3. The van der Waals surface area contributed by atoms with Gasteiger partial charge in [-0.25, -0.2) is 9.07 Å². The lowest BCUT2D eigenvalue weighted by molar-refractivity contribution is 0.424. The van der Waals surface area contributed by atoms with Gasteiger partial charge in [0.2, 0.25) is 5.88 Å². The third kappa shape index (κ3) is 2.61. The molecule has 98 valence electrons. The molecule has 1 heterocycles. The number of benzene rings is 1. The fraction of sp³-hybridized carbons (Fsp3) is 0.231. The topological polar surface area (TPSA) is 50.8 Å². The Labute approximate surface area is 118 Å². The van der Waals surface area contributed by atoms with Crippen molar-refractivity contribution in [2.75, 3.05) is 0 Å². The van der Waals surface area contributed by atoms with E-state index in [1.807, 2.05) is 6.92 Å². The summed E-state index contributed by atoms with van der Waals surface area (Å²) in [6, 6.07) is 5.91. The van der Waals surface area contributed by atoms with E-state index in [-0.39, 0.29) is 5.56 Å². The smallest absolute Gasteiger partial charge is 0.221 e. The van der Waals surface area contributed by atoms with Crippen molar-refractivity contribution < 1.29 is 9.13 Å². The molecule has 0 aliphatic carbocycles. The molecule has 0 N–H and O–H groups in total. The van der Waals surface area contributed by atoms with Gasteiger partial charge in [0.25, 0.3) is 0 Å². The summed E-state index contributed by atoms with van der Waals surface area (Å²) in [4.78, 5) is 0. The van der Waals surface area contributed by atoms with E-state index in [4.69, 9.17) is 10.00 Å². The Morgan fingerprint density at radius 3 is 2.84 bits per heavy atom. The lowest BCUT2D eigenvalue weighted by Crippen LogP contribution is -1.97. The average molecular weight is 324 g/mol. The van der Waals surface area contributed by atoms with Gasteiger partial charge in [-0.1, -0.05) is 15.9 Å². The predicted octanol–water partition coefficient (Wildman–Crippen LogP) is 3.43. The number of aryl methyl sites for hydroxylation is 2. The van der Waals surface area contributed by atoms with Crippen LogP contribution in [0.5, 0.6) is 11.6 Å². The Morgan fingerprint density at radius 2 is 2.26 bits per heavy atom. The third-order valence-electron chi connectivity index (χ3n) is 2.70. The number of nitriles is 1. The first-order chi connectivity index (χ1) is 9.06. The monoisotopic (exact) mass is 323 g/mol. The Hall–Kier alpha value is -1.87. The van der Waals surface area contributed by atoms with Crippen LogP contribution in [0.15, 0.2) is 18.2 Å². The minimum atomic E-state index is -0.598. The minimum Gasteiger partial charge on any atom is -0.439 e. The molecular weight excluding hydrogens is 313 g/mol. The van der Waals surface area contributed by atoms with Gasteiger partial charge in [-0.3, -0.25) is 0 Å². The Balaban J connectivity index is 2.37. The predicted molar refractivity (Wildman–Crippen MR) is 71.8 cm³/mol. The van der Waals surface area contributed by atoms with Gasteiger partial charge >= 0.3 is 0 Å². The second-order valence-electron chi connectivity index (χ2n) is 3.98. The van der Waals surface area contributed by atoms with Crippen LogP contribution in [0.2, 0.25) is 0 Å². The minimum absolute atomic E-state index is 0.00532. The molecule has 6 heteroatoms. The summed E-state index contributed by atoms with van der Waals surface area (Å²) >= 11 is 3.37. The third-order valence-corrected chi connectivity index (χ3v) is 3.26. The Kier molecular flexibility index (Phi) is 3.86. The number of alkyl halides is 1. The molecule has 4 nitrogen and oxygen atoms in total. The molecule has 0 unspecified atom stereocenters. The molecule has 19 heavy (non-hydrogen) atoms. The van der Waals surface area contributed by atoms with Crippen molar-refractivity contribution >= 4 is 15.9 Å². The normalized spacial score (nSPS) is 10.3. The second-order valence-corrected chi connectivity index (χ2v) is 4.54. The molecule has 0 aliphatic heterocycles.